The van der Waals surface area contributed by atoms with E-state index >= 15 is 0 Å². The predicted molar refractivity (Wildman–Crippen MR) is 129 cm³/mol. The number of rotatable bonds is 12. The molecule has 170 valence electrons. The van der Waals surface area contributed by atoms with Crippen molar-refractivity contribution in [3.8, 4) is 11.4 Å². The monoisotopic (exact) mass is 492 g/mol. The van der Waals surface area contributed by atoms with Crippen LogP contribution in [0.15, 0.2) is 41.6 Å². The Bertz CT molecular complexity index is 1070. The van der Waals surface area contributed by atoms with Gasteiger partial charge in [-0.3, -0.25) is 9.59 Å². The lowest BCUT2D eigenvalue weighted by Crippen LogP contribution is -2.22. The van der Waals surface area contributed by atoms with Gasteiger partial charge in [-0.1, -0.05) is 35.5 Å². The molecule has 2 heterocycles. The van der Waals surface area contributed by atoms with Crippen LogP contribution in [0, 0.1) is 0 Å². The molecule has 32 heavy (non-hydrogen) atoms. The molecule has 0 bridgehead atoms. The third-order valence-electron chi connectivity index (χ3n) is 4.58. The maximum absolute atomic E-state index is 12.7. The summed E-state index contributed by atoms with van der Waals surface area (Å²) in [7, 11) is 1.67. The second kappa shape index (κ2) is 12.2. The fraction of sp³-hybridized carbons (Fsp3) is 0.364. The van der Waals surface area contributed by atoms with Crippen LogP contribution in [0.25, 0.3) is 11.4 Å². The summed E-state index contributed by atoms with van der Waals surface area (Å²) in [5.41, 5.74) is 0.805. The molecule has 0 saturated carbocycles. The second-order valence-electron chi connectivity index (χ2n) is 6.99. The Labute approximate surface area is 200 Å². The van der Waals surface area contributed by atoms with Gasteiger partial charge >= 0.3 is 0 Å². The fourth-order valence-corrected chi connectivity index (χ4v) is 5.14. The van der Waals surface area contributed by atoms with Crippen LogP contribution >= 0.6 is 34.7 Å². The molecule has 0 atom stereocenters. The molecule has 0 spiro atoms. The minimum absolute atomic E-state index is 0.0384. The van der Waals surface area contributed by atoms with E-state index in [0.717, 1.165) is 16.9 Å². The van der Waals surface area contributed by atoms with Gasteiger partial charge < -0.3 is 14.6 Å². The summed E-state index contributed by atoms with van der Waals surface area (Å²) >= 11 is 9.20. The van der Waals surface area contributed by atoms with Gasteiger partial charge in [-0.15, -0.1) is 21.5 Å². The van der Waals surface area contributed by atoms with Gasteiger partial charge in [0.1, 0.15) is 0 Å². The summed E-state index contributed by atoms with van der Waals surface area (Å²) in [6.45, 7) is 3.32. The highest BCUT2D eigenvalue weighted by Gasteiger charge is 2.18. The van der Waals surface area contributed by atoms with Crippen molar-refractivity contribution in [3.05, 3.63) is 51.2 Å². The largest absolute Gasteiger partial charge is 0.385 e. The minimum Gasteiger partial charge on any atom is -0.385 e. The Morgan fingerprint density at radius 3 is 2.78 bits per heavy atom. The number of ether oxygens (including phenoxy) is 1. The number of ketones is 1. The van der Waals surface area contributed by atoms with Crippen molar-refractivity contribution in [1.82, 2.24) is 20.1 Å². The first-order chi connectivity index (χ1) is 15.5. The Hall–Kier alpha value is -2.20. The van der Waals surface area contributed by atoms with Crippen molar-refractivity contribution >= 4 is 46.4 Å². The summed E-state index contributed by atoms with van der Waals surface area (Å²) in [6.07, 6.45) is 1.50. The van der Waals surface area contributed by atoms with Crippen LogP contribution < -0.4 is 5.32 Å². The fourth-order valence-electron chi connectivity index (χ4n) is 3.03. The van der Waals surface area contributed by atoms with E-state index in [1.807, 2.05) is 41.0 Å². The minimum atomic E-state index is -0.0555. The molecule has 0 aliphatic heterocycles. The van der Waals surface area contributed by atoms with Crippen molar-refractivity contribution < 1.29 is 14.3 Å². The smallest absolute Gasteiger partial charge is 0.216 e. The number of nitrogens with one attached hydrogen (secondary N) is 1. The molecule has 0 saturated heterocycles. The van der Waals surface area contributed by atoms with Crippen LogP contribution in [0.3, 0.4) is 0 Å². The molecule has 0 unspecified atom stereocenters. The highest BCUT2D eigenvalue weighted by molar-refractivity contribution is 7.99. The zero-order chi connectivity index (χ0) is 22.9. The SMILES string of the molecule is COCCCn1c(SCC(=O)c2ccc(CCNC(C)=O)s2)nnc1-c1ccccc1Cl. The number of carbonyl (C=O) groups excluding carboxylic acids is 2. The molecule has 0 radical (unpaired) electrons. The highest BCUT2D eigenvalue weighted by Crippen LogP contribution is 2.30. The molecular formula is C22H25ClN4O3S2. The predicted octanol–water partition coefficient (Wildman–Crippen LogP) is 4.35. The average Bonchev–Trinajstić information content (AvgIpc) is 3.40. The van der Waals surface area contributed by atoms with Crippen molar-refractivity contribution in [3.63, 3.8) is 0 Å². The summed E-state index contributed by atoms with van der Waals surface area (Å²) in [6, 6.07) is 11.3. The van der Waals surface area contributed by atoms with E-state index < -0.39 is 0 Å². The van der Waals surface area contributed by atoms with E-state index in [1.54, 1.807) is 7.11 Å². The number of benzene rings is 1. The number of hydrogen-bond acceptors (Lipinski definition) is 7. The first-order valence-electron chi connectivity index (χ1n) is 10.2. The van der Waals surface area contributed by atoms with Gasteiger partial charge in [0.05, 0.1) is 15.7 Å². The Morgan fingerprint density at radius 2 is 2.03 bits per heavy atom. The van der Waals surface area contributed by atoms with Crippen molar-refractivity contribution in [2.75, 3.05) is 26.0 Å². The van der Waals surface area contributed by atoms with Gasteiger partial charge in [-0.25, -0.2) is 0 Å². The lowest BCUT2D eigenvalue weighted by molar-refractivity contribution is -0.118. The molecule has 1 amide bonds. The number of carbonyl (C=O) groups is 2. The maximum Gasteiger partial charge on any atom is 0.216 e. The van der Waals surface area contributed by atoms with E-state index in [9.17, 15) is 9.59 Å². The quantitative estimate of drug-likeness (QED) is 0.230. The van der Waals surface area contributed by atoms with Gasteiger partial charge in [0.25, 0.3) is 0 Å². The average molecular weight is 493 g/mol. The Morgan fingerprint density at radius 1 is 1.22 bits per heavy atom. The summed E-state index contributed by atoms with van der Waals surface area (Å²) in [5.74, 6) is 0.922. The zero-order valence-corrected chi connectivity index (χ0v) is 20.4. The summed E-state index contributed by atoms with van der Waals surface area (Å²) in [5, 5.41) is 12.7. The molecule has 1 N–H and O–H groups in total. The van der Waals surface area contributed by atoms with Crippen LogP contribution in [0.4, 0.5) is 0 Å². The second-order valence-corrected chi connectivity index (χ2v) is 9.51. The molecule has 0 fully saturated rings. The van der Waals surface area contributed by atoms with Gasteiger partial charge in [-0.05, 0) is 37.1 Å². The normalized spacial score (nSPS) is 11.0. The number of Topliss-reactive ketones (excluding diaryl/α,β-unsaturated/α-hetero) is 1. The molecule has 2 aromatic heterocycles. The molecular weight excluding hydrogens is 468 g/mol. The Balaban J connectivity index is 1.69. The molecule has 0 aliphatic rings. The number of nitrogens with zero attached hydrogens (tertiary/aromatic N) is 3. The van der Waals surface area contributed by atoms with E-state index in [4.69, 9.17) is 16.3 Å². The number of amides is 1. The Kier molecular flexibility index (Phi) is 9.28. The lowest BCUT2D eigenvalue weighted by Gasteiger charge is -2.10. The van der Waals surface area contributed by atoms with Crippen LogP contribution in [0.5, 0.6) is 0 Å². The molecule has 7 nitrogen and oxygen atoms in total. The van der Waals surface area contributed by atoms with Crippen molar-refractivity contribution in [1.29, 1.82) is 0 Å². The molecule has 10 heteroatoms. The van der Waals surface area contributed by atoms with Gasteiger partial charge in [-0.2, -0.15) is 0 Å². The van der Waals surface area contributed by atoms with Crippen LogP contribution in [0.2, 0.25) is 5.02 Å². The first kappa shape index (κ1) is 24.4. The molecule has 0 aliphatic carbocycles. The number of aromatic nitrogens is 3. The standard InChI is InChI=1S/C22H25ClN4O3S2/c1-15(28)24-11-10-16-8-9-20(32-16)19(29)14-31-22-26-25-21(27(22)12-5-13-30-2)17-6-3-4-7-18(17)23/h3-4,6-9H,5,10-14H2,1-2H3,(H,24,28). The van der Waals surface area contributed by atoms with Crippen molar-refractivity contribution in [2.24, 2.45) is 0 Å². The number of hydrogen-bond donors (Lipinski definition) is 1. The van der Waals surface area contributed by atoms with E-state index in [2.05, 4.69) is 15.5 Å². The lowest BCUT2D eigenvalue weighted by atomic mass is 10.2. The van der Waals surface area contributed by atoms with E-state index in [0.29, 0.717) is 47.0 Å². The molecule has 1 aromatic carbocycles. The third kappa shape index (κ3) is 6.65. The van der Waals surface area contributed by atoms with Crippen molar-refractivity contribution in [2.45, 2.75) is 31.5 Å². The van der Waals surface area contributed by atoms with Gasteiger partial charge in [0, 0.05) is 44.2 Å². The zero-order valence-electron chi connectivity index (χ0n) is 18.0. The van der Waals surface area contributed by atoms with E-state index in [1.165, 1.54) is 30.0 Å². The van der Waals surface area contributed by atoms with E-state index in [-0.39, 0.29) is 17.4 Å². The topological polar surface area (TPSA) is 86.1 Å². The van der Waals surface area contributed by atoms with Crippen LogP contribution in [-0.2, 0) is 22.5 Å². The third-order valence-corrected chi connectivity index (χ3v) is 7.06. The van der Waals surface area contributed by atoms with Crippen LogP contribution in [0.1, 0.15) is 27.9 Å². The van der Waals surface area contributed by atoms with Gasteiger partial charge in [0.2, 0.25) is 5.91 Å². The first-order valence-corrected chi connectivity index (χ1v) is 12.3. The number of halogens is 1. The number of thioether (sulfide) groups is 1. The van der Waals surface area contributed by atoms with Gasteiger partial charge in [0.15, 0.2) is 16.8 Å². The number of methoxy groups -OCH3 is 1. The number of thiophene rings is 1. The molecule has 3 rings (SSSR count). The highest BCUT2D eigenvalue weighted by atomic mass is 35.5. The van der Waals surface area contributed by atoms with Crippen LogP contribution in [-0.4, -0.2) is 52.5 Å². The summed E-state index contributed by atoms with van der Waals surface area (Å²) in [4.78, 5) is 25.5. The summed E-state index contributed by atoms with van der Waals surface area (Å²) < 4.78 is 7.18. The maximum atomic E-state index is 12.7. The molecule has 3 aromatic rings.